The van der Waals surface area contributed by atoms with Gasteiger partial charge in [0, 0.05) is 22.8 Å². The smallest absolute Gasteiger partial charge is 0.180 e. The summed E-state index contributed by atoms with van der Waals surface area (Å²) in [6.45, 7) is 4.24. The number of nitriles is 1. The molecule has 2 aromatic rings. The van der Waals surface area contributed by atoms with Crippen LogP contribution in [0.3, 0.4) is 0 Å². The molecule has 3 rings (SSSR count). The summed E-state index contributed by atoms with van der Waals surface area (Å²) in [5.74, 6) is 0.276. The molecule has 1 heterocycles. The molecule has 1 aliphatic heterocycles. The second-order valence-corrected chi connectivity index (χ2v) is 6.50. The van der Waals surface area contributed by atoms with Crippen LogP contribution < -0.4 is 4.90 Å². The van der Waals surface area contributed by atoms with Crippen LogP contribution >= 0.6 is 11.6 Å². The highest BCUT2D eigenvalue weighted by Crippen LogP contribution is 2.37. The molecule has 116 valence electrons. The lowest BCUT2D eigenvalue weighted by Gasteiger charge is -2.34. The predicted octanol–water partition coefficient (Wildman–Crippen LogP) is 4.62. The number of hydrogen-bond donors (Lipinski definition) is 0. The van der Waals surface area contributed by atoms with Crippen LogP contribution in [0.2, 0.25) is 5.02 Å². The van der Waals surface area contributed by atoms with E-state index in [1.54, 1.807) is 6.07 Å². The first kappa shape index (κ1) is 15.6. The number of ketones is 1. The van der Waals surface area contributed by atoms with Crippen molar-refractivity contribution in [1.82, 2.24) is 0 Å². The van der Waals surface area contributed by atoms with Gasteiger partial charge in [-0.05, 0) is 47.4 Å². The summed E-state index contributed by atoms with van der Waals surface area (Å²) in [5.41, 5.74) is 3.78. The largest absolute Gasteiger partial charge is 0.318 e. The lowest BCUT2D eigenvalue weighted by atomic mass is 9.93. The summed E-state index contributed by atoms with van der Waals surface area (Å²) in [4.78, 5) is 14.2. The second-order valence-electron chi connectivity index (χ2n) is 6.07. The first-order valence-corrected chi connectivity index (χ1v) is 7.99. The minimum Gasteiger partial charge on any atom is -0.318 e. The summed E-state index contributed by atoms with van der Waals surface area (Å²) >= 11 is 6.06. The Labute approximate surface area is 141 Å². The summed E-state index contributed by atoms with van der Waals surface area (Å²) in [7, 11) is 0. The zero-order valence-corrected chi connectivity index (χ0v) is 13.8. The number of carbonyl (C=O) groups excluding carboxylic acids is 1. The number of hydrogen-bond acceptors (Lipinski definition) is 3. The Kier molecular flexibility index (Phi) is 4.11. The maximum atomic E-state index is 12.4. The Hall–Kier alpha value is -2.31. The average molecular weight is 325 g/mol. The molecular weight excluding hydrogens is 308 g/mol. The number of nitrogens with zero attached hydrogens (tertiary/aromatic N) is 2. The normalized spacial score (nSPS) is 17.1. The van der Waals surface area contributed by atoms with Crippen molar-refractivity contribution < 1.29 is 4.79 Å². The molecule has 3 nitrogen and oxygen atoms in total. The Bertz CT molecular complexity index is 807. The van der Waals surface area contributed by atoms with Gasteiger partial charge in [-0.15, -0.1) is 0 Å². The monoisotopic (exact) mass is 324 g/mol. The van der Waals surface area contributed by atoms with Crippen molar-refractivity contribution in [1.29, 1.82) is 5.26 Å². The molecular formula is C19H17ClN2O. The van der Waals surface area contributed by atoms with Gasteiger partial charge in [-0.25, -0.2) is 0 Å². The van der Waals surface area contributed by atoms with Gasteiger partial charge in [-0.3, -0.25) is 4.79 Å². The fraction of sp³-hybridized carbons (Fsp3) is 0.263. The van der Waals surface area contributed by atoms with Crippen LogP contribution in [-0.2, 0) is 11.2 Å². The van der Waals surface area contributed by atoms with E-state index in [9.17, 15) is 10.1 Å². The van der Waals surface area contributed by atoms with Crippen LogP contribution in [0.25, 0.3) is 0 Å². The SMILES string of the molecule is CC(C)c1cccc(N2c3ccc(Cl)cc3CC(=O)C2C#N)c1. The zero-order valence-electron chi connectivity index (χ0n) is 13.1. The van der Waals surface area contributed by atoms with Gasteiger partial charge < -0.3 is 4.90 Å². The van der Waals surface area contributed by atoms with Crippen molar-refractivity contribution in [3.8, 4) is 6.07 Å². The summed E-state index contributed by atoms with van der Waals surface area (Å²) < 4.78 is 0. The molecule has 0 saturated carbocycles. The molecule has 2 aromatic carbocycles. The molecule has 0 aromatic heterocycles. The predicted molar refractivity (Wildman–Crippen MR) is 92.2 cm³/mol. The van der Waals surface area contributed by atoms with Gasteiger partial charge in [0.2, 0.25) is 0 Å². The van der Waals surface area contributed by atoms with E-state index < -0.39 is 6.04 Å². The molecule has 1 atom stereocenters. The molecule has 4 heteroatoms. The number of benzene rings is 2. The van der Waals surface area contributed by atoms with E-state index in [-0.39, 0.29) is 12.2 Å². The number of Topliss-reactive ketones (excluding diaryl/α,β-unsaturated/α-hetero) is 1. The second kappa shape index (κ2) is 6.06. The van der Waals surface area contributed by atoms with Crippen molar-refractivity contribution in [3.63, 3.8) is 0 Å². The van der Waals surface area contributed by atoms with E-state index in [1.807, 2.05) is 35.2 Å². The number of anilines is 2. The van der Waals surface area contributed by atoms with Crippen LogP contribution in [-0.4, -0.2) is 11.8 Å². The zero-order chi connectivity index (χ0) is 16.6. The molecule has 0 amide bonds. The Morgan fingerprint density at radius 3 is 2.74 bits per heavy atom. The number of halogens is 1. The van der Waals surface area contributed by atoms with E-state index in [1.165, 1.54) is 5.56 Å². The first-order valence-electron chi connectivity index (χ1n) is 7.61. The first-order chi connectivity index (χ1) is 11.0. The lowest BCUT2D eigenvalue weighted by Crippen LogP contribution is -2.42. The van der Waals surface area contributed by atoms with Gasteiger partial charge in [-0.2, -0.15) is 5.26 Å². The molecule has 0 radical (unpaired) electrons. The van der Waals surface area contributed by atoms with E-state index in [0.29, 0.717) is 10.9 Å². The van der Waals surface area contributed by atoms with Gasteiger partial charge >= 0.3 is 0 Å². The minimum absolute atomic E-state index is 0.0998. The fourth-order valence-corrected chi connectivity index (χ4v) is 3.14. The number of fused-ring (bicyclic) bond motifs is 1. The standard InChI is InChI=1S/C19H17ClN2O/c1-12(2)13-4-3-5-16(9-13)22-17-7-6-15(20)8-14(17)10-19(23)18(22)11-21/h3-9,12,18H,10H2,1-2H3. The van der Waals surface area contributed by atoms with Crippen molar-refractivity contribution in [2.75, 3.05) is 4.90 Å². The van der Waals surface area contributed by atoms with Gasteiger partial charge in [0.15, 0.2) is 11.8 Å². The summed E-state index contributed by atoms with van der Waals surface area (Å²) in [6, 6.07) is 14.8. The van der Waals surface area contributed by atoms with Gasteiger partial charge in [0.25, 0.3) is 0 Å². The van der Waals surface area contributed by atoms with Crippen molar-refractivity contribution in [3.05, 3.63) is 58.6 Å². The van der Waals surface area contributed by atoms with Crippen LogP contribution in [0.5, 0.6) is 0 Å². The fourth-order valence-electron chi connectivity index (χ4n) is 2.95. The number of carbonyl (C=O) groups is 1. The molecule has 1 aliphatic rings. The molecule has 23 heavy (non-hydrogen) atoms. The lowest BCUT2D eigenvalue weighted by molar-refractivity contribution is -0.118. The molecule has 0 fully saturated rings. The Morgan fingerprint density at radius 2 is 2.04 bits per heavy atom. The Balaban J connectivity index is 2.17. The van der Waals surface area contributed by atoms with E-state index in [2.05, 4.69) is 26.0 Å². The summed E-state index contributed by atoms with van der Waals surface area (Å²) in [5, 5.41) is 10.1. The maximum absolute atomic E-state index is 12.4. The van der Waals surface area contributed by atoms with Crippen LogP contribution in [0, 0.1) is 11.3 Å². The van der Waals surface area contributed by atoms with E-state index in [4.69, 9.17) is 11.6 Å². The molecule has 0 aliphatic carbocycles. The van der Waals surface area contributed by atoms with Crippen LogP contribution in [0.15, 0.2) is 42.5 Å². The highest BCUT2D eigenvalue weighted by atomic mass is 35.5. The van der Waals surface area contributed by atoms with Crippen molar-refractivity contribution in [2.45, 2.75) is 32.2 Å². The van der Waals surface area contributed by atoms with E-state index >= 15 is 0 Å². The molecule has 0 spiro atoms. The van der Waals surface area contributed by atoms with Gasteiger partial charge in [0.05, 0.1) is 6.07 Å². The maximum Gasteiger partial charge on any atom is 0.180 e. The summed E-state index contributed by atoms with van der Waals surface area (Å²) in [6.07, 6.45) is 0.245. The molecule has 0 bridgehead atoms. The highest BCUT2D eigenvalue weighted by Gasteiger charge is 2.34. The third kappa shape index (κ3) is 2.83. The van der Waals surface area contributed by atoms with Crippen molar-refractivity contribution >= 4 is 28.8 Å². The molecule has 1 unspecified atom stereocenters. The van der Waals surface area contributed by atoms with Gasteiger partial charge in [-0.1, -0.05) is 37.6 Å². The third-order valence-electron chi connectivity index (χ3n) is 4.17. The van der Waals surface area contributed by atoms with E-state index in [0.717, 1.165) is 16.9 Å². The Morgan fingerprint density at radius 1 is 1.26 bits per heavy atom. The molecule has 0 saturated heterocycles. The third-order valence-corrected chi connectivity index (χ3v) is 4.40. The highest BCUT2D eigenvalue weighted by molar-refractivity contribution is 6.30. The quantitative estimate of drug-likeness (QED) is 0.809. The average Bonchev–Trinajstić information content (AvgIpc) is 2.53. The molecule has 0 N–H and O–H groups in total. The minimum atomic E-state index is -0.800. The topological polar surface area (TPSA) is 44.1 Å². The van der Waals surface area contributed by atoms with Crippen LogP contribution in [0.4, 0.5) is 11.4 Å². The number of rotatable bonds is 2. The van der Waals surface area contributed by atoms with Crippen molar-refractivity contribution in [2.24, 2.45) is 0 Å². The van der Waals surface area contributed by atoms with Gasteiger partial charge in [0.1, 0.15) is 0 Å². The van der Waals surface area contributed by atoms with Crippen LogP contribution in [0.1, 0.15) is 30.9 Å².